The molecule has 0 spiro atoms. The molecule has 1 N–H and O–H groups in total. The molecule has 1 atom stereocenters. The van der Waals surface area contributed by atoms with E-state index in [0.717, 1.165) is 24.5 Å². The third kappa shape index (κ3) is 3.25. The lowest BCUT2D eigenvalue weighted by Crippen LogP contribution is -2.52. The average molecular weight is 336 g/mol. The van der Waals surface area contributed by atoms with Gasteiger partial charge in [-0.25, -0.2) is 21.2 Å². The van der Waals surface area contributed by atoms with E-state index < -0.39 is 30.6 Å². The maximum atomic E-state index is 13.9. The number of rotatable bonds is 3. The Balaban J connectivity index is 2.54. The van der Waals surface area contributed by atoms with Crippen molar-refractivity contribution in [1.82, 2.24) is 9.62 Å². The smallest absolute Gasteiger partial charge is 0.246 e. The molecule has 9 heteroatoms. The van der Waals surface area contributed by atoms with Crippen molar-refractivity contribution in [1.29, 1.82) is 0 Å². The summed E-state index contributed by atoms with van der Waals surface area (Å²) in [5, 5.41) is 3.04. The maximum absolute atomic E-state index is 13.9. The highest BCUT2D eigenvalue weighted by Gasteiger charge is 2.33. The summed E-state index contributed by atoms with van der Waals surface area (Å²) >= 11 is 0. The Kier molecular flexibility index (Phi) is 4.39. The van der Waals surface area contributed by atoms with Crippen LogP contribution in [0, 0.1) is 5.82 Å². The van der Waals surface area contributed by atoms with E-state index in [1.54, 1.807) is 6.92 Å². The topological polar surface area (TPSA) is 83.6 Å². The zero-order chi connectivity index (χ0) is 15.8. The minimum absolute atomic E-state index is 0.214. The number of halogens is 1. The molecule has 0 aromatic heterocycles. The molecule has 6 nitrogen and oxygen atoms in total. The lowest BCUT2D eigenvalue weighted by atomic mass is 10.3. The van der Waals surface area contributed by atoms with Crippen LogP contribution in [0.25, 0.3) is 0 Å². The van der Waals surface area contributed by atoms with E-state index in [4.69, 9.17) is 0 Å². The number of nitrogens with zero attached hydrogens (tertiary/aromatic N) is 1. The molecule has 0 radical (unpaired) electrons. The summed E-state index contributed by atoms with van der Waals surface area (Å²) in [5.74, 6) is -0.951. The number of piperazine rings is 1. The second-order valence-corrected chi connectivity index (χ2v) is 8.91. The van der Waals surface area contributed by atoms with E-state index in [9.17, 15) is 21.2 Å². The fourth-order valence-electron chi connectivity index (χ4n) is 2.22. The van der Waals surface area contributed by atoms with E-state index in [1.165, 1.54) is 4.31 Å². The average Bonchev–Trinajstić information content (AvgIpc) is 2.37. The van der Waals surface area contributed by atoms with Gasteiger partial charge in [0.2, 0.25) is 10.0 Å². The van der Waals surface area contributed by atoms with Gasteiger partial charge in [-0.15, -0.1) is 0 Å². The van der Waals surface area contributed by atoms with Crippen molar-refractivity contribution in [3.63, 3.8) is 0 Å². The van der Waals surface area contributed by atoms with Gasteiger partial charge in [0, 0.05) is 31.9 Å². The fourth-order valence-corrected chi connectivity index (χ4v) is 4.66. The van der Waals surface area contributed by atoms with Crippen LogP contribution in [-0.2, 0) is 19.9 Å². The molecule has 21 heavy (non-hydrogen) atoms. The predicted molar refractivity (Wildman–Crippen MR) is 75.7 cm³/mol. The number of hydrogen-bond donors (Lipinski definition) is 1. The summed E-state index contributed by atoms with van der Waals surface area (Å²) in [4.78, 5) is -0.815. The highest BCUT2D eigenvalue weighted by atomic mass is 32.2. The minimum Gasteiger partial charge on any atom is -0.314 e. The van der Waals surface area contributed by atoms with Gasteiger partial charge in [-0.2, -0.15) is 4.31 Å². The van der Waals surface area contributed by atoms with E-state index in [0.29, 0.717) is 13.1 Å². The number of sulfone groups is 1. The molecule has 0 bridgehead atoms. The van der Waals surface area contributed by atoms with Crippen LogP contribution in [0.2, 0.25) is 0 Å². The van der Waals surface area contributed by atoms with Crippen LogP contribution in [0.15, 0.2) is 28.0 Å². The van der Waals surface area contributed by atoms with Gasteiger partial charge in [0.1, 0.15) is 10.7 Å². The zero-order valence-electron chi connectivity index (χ0n) is 11.7. The normalized spacial score (nSPS) is 21.4. The summed E-state index contributed by atoms with van der Waals surface area (Å²) in [5.41, 5.74) is 0. The van der Waals surface area contributed by atoms with Gasteiger partial charge in [0.15, 0.2) is 9.84 Å². The predicted octanol–water partition coefficient (Wildman–Crippen LogP) is 0.212. The Hall–Kier alpha value is -1.03. The highest BCUT2D eigenvalue weighted by molar-refractivity contribution is 7.91. The maximum Gasteiger partial charge on any atom is 0.246 e. The number of benzene rings is 1. The molecule has 1 aromatic carbocycles. The summed E-state index contributed by atoms with van der Waals surface area (Å²) in [7, 11) is -7.68. The van der Waals surface area contributed by atoms with Crippen LogP contribution in [0.3, 0.4) is 0 Å². The zero-order valence-corrected chi connectivity index (χ0v) is 13.3. The quantitative estimate of drug-likeness (QED) is 0.798. The van der Waals surface area contributed by atoms with Crippen LogP contribution in [0.1, 0.15) is 6.92 Å². The van der Waals surface area contributed by atoms with Gasteiger partial charge >= 0.3 is 0 Å². The third-order valence-corrected chi connectivity index (χ3v) is 6.50. The molecule has 2 rings (SSSR count). The Bertz CT molecular complexity index is 747. The van der Waals surface area contributed by atoms with Crippen molar-refractivity contribution in [2.45, 2.75) is 22.8 Å². The van der Waals surface area contributed by atoms with Crippen molar-refractivity contribution in [2.75, 3.05) is 25.9 Å². The standard InChI is InChI=1S/C12H17FN2O4S2/c1-9-8-14-5-6-15(9)21(18,19)12-7-10(20(2,16)17)3-4-11(12)13/h3-4,7,9,14H,5-6,8H2,1-2H3. The molecule has 1 aliphatic rings. The minimum atomic E-state index is -4.07. The first-order chi connectivity index (χ1) is 9.64. The molecule has 1 heterocycles. The first-order valence-corrected chi connectivity index (χ1v) is 9.69. The Labute approximate surface area is 123 Å². The SMILES string of the molecule is CC1CNCCN1S(=O)(=O)c1cc(S(C)(=O)=O)ccc1F. The molecular formula is C12H17FN2O4S2. The summed E-state index contributed by atoms with van der Waals surface area (Å²) < 4.78 is 63.3. The number of nitrogens with one attached hydrogen (secondary N) is 1. The second-order valence-electron chi connectivity index (χ2n) is 5.03. The Morgan fingerprint density at radius 3 is 2.52 bits per heavy atom. The number of sulfonamides is 1. The summed E-state index contributed by atoms with van der Waals surface area (Å²) in [6.45, 7) is 2.86. The monoisotopic (exact) mass is 336 g/mol. The van der Waals surface area contributed by atoms with Crippen LogP contribution >= 0.6 is 0 Å². The molecule has 1 unspecified atom stereocenters. The van der Waals surface area contributed by atoms with Crippen molar-refractivity contribution >= 4 is 19.9 Å². The molecule has 1 saturated heterocycles. The molecule has 1 fully saturated rings. The van der Waals surface area contributed by atoms with Crippen LogP contribution < -0.4 is 5.32 Å². The lowest BCUT2D eigenvalue weighted by molar-refractivity contribution is 0.283. The molecule has 1 aromatic rings. The van der Waals surface area contributed by atoms with Gasteiger partial charge in [-0.05, 0) is 25.1 Å². The van der Waals surface area contributed by atoms with E-state index in [1.807, 2.05) is 0 Å². The van der Waals surface area contributed by atoms with Crippen molar-refractivity contribution in [3.8, 4) is 0 Å². The first kappa shape index (κ1) is 16.3. The molecule has 0 saturated carbocycles. The second kappa shape index (κ2) is 5.64. The first-order valence-electron chi connectivity index (χ1n) is 6.36. The highest BCUT2D eigenvalue weighted by Crippen LogP contribution is 2.24. The van der Waals surface area contributed by atoms with Gasteiger partial charge in [0.25, 0.3) is 0 Å². The number of hydrogen-bond acceptors (Lipinski definition) is 5. The van der Waals surface area contributed by atoms with E-state index >= 15 is 0 Å². The Morgan fingerprint density at radius 2 is 1.95 bits per heavy atom. The summed E-state index contributed by atoms with van der Waals surface area (Å²) in [6, 6.07) is 2.49. The lowest BCUT2D eigenvalue weighted by Gasteiger charge is -2.32. The third-order valence-electron chi connectivity index (χ3n) is 3.36. The van der Waals surface area contributed by atoms with Crippen molar-refractivity contribution in [3.05, 3.63) is 24.0 Å². The van der Waals surface area contributed by atoms with Gasteiger partial charge in [-0.3, -0.25) is 0 Å². The molecular weight excluding hydrogens is 319 g/mol. The fraction of sp³-hybridized carbons (Fsp3) is 0.500. The molecule has 1 aliphatic heterocycles. The van der Waals surface area contributed by atoms with Crippen molar-refractivity contribution in [2.24, 2.45) is 0 Å². The van der Waals surface area contributed by atoms with Crippen LogP contribution in [0.4, 0.5) is 4.39 Å². The van der Waals surface area contributed by atoms with Gasteiger partial charge in [0.05, 0.1) is 4.90 Å². The molecule has 0 aliphatic carbocycles. The van der Waals surface area contributed by atoms with E-state index in [2.05, 4.69) is 5.32 Å². The van der Waals surface area contributed by atoms with Gasteiger partial charge < -0.3 is 5.32 Å². The van der Waals surface area contributed by atoms with E-state index in [-0.39, 0.29) is 17.5 Å². The van der Waals surface area contributed by atoms with Crippen LogP contribution in [0.5, 0.6) is 0 Å². The Morgan fingerprint density at radius 1 is 1.29 bits per heavy atom. The van der Waals surface area contributed by atoms with Gasteiger partial charge in [-0.1, -0.05) is 0 Å². The molecule has 118 valence electrons. The summed E-state index contributed by atoms with van der Waals surface area (Å²) in [6.07, 6.45) is 0.948. The van der Waals surface area contributed by atoms with Crippen molar-refractivity contribution < 1.29 is 21.2 Å². The van der Waals surface area contributed by atoms with Crippen LogP contribution in [-0.4, -0.2) is 53.1 Å². The largest absolute Gasteiger partial charge is 0.314 e. The molecule has 0 amide bonds.